The predicted octanol–water partition coefficient (Wildman–Crippen LogP) is 14.7. The summed E-state index contributed by atoms with van der Waals surface area (Å²) in [4.78, 5) is 15.9. The van der Waals surface area contributed by atoms with Crippen molar-refractivity contribution in [1.29, 1.82) is 0 Å². The third-order valence-electron chi connectivity index (χ3n) is 12.5. The van der Waals surface area contributed by atoms with Crippen LogP contribution in [0, 0.1) is 0 Å². The van der Waals surface area contributed by atoms with Gasteiger partial charge < -0.3 is 4.42 Å². The molecule has 1 aliphatic rings. The Hall–Kier alpha value is -7.69. The molecule has 9 aromatic carbocycles. The van der Waals surface area contributed by atoms with Gasteiger partial charge >= 0.3 is 0 Å². The quantitative estimate of drug-likeness (QED) is 0.164. The van der Waals surface area contributed by atoms with Crippen molar-refractivity contribution in [3.05, 3.63) is 199 Å². The first-order valence-electron chi connectivity index (χ1n) is 20.5. The highest BCUT2D eigenvalue weighted by atomic mass is 16.3. The van der Waals surface area contributed by atoms with Crippen LogP contribution in [-0.2, 0) is 5.41 Å². The summed E-state index contributed by atoms with van der Waals surface area (Å²) < 4.78 is 6.66. The van der Waals surface area contributed by atoms with Crippen molar-refractivity contribution in [3.63, 3.8) is 0 Å². The number of hydrogen-bond acceptors (Lipinski definition) is 4. The Balaban J connectivity index is 1.04. The lowest BCUT2D eigenvalue weighted by molar-refractivity contribution is 0.660. The van der Waals surface area contributed by atoms with E-state index in [4.69, 9.17) is 19.4 Å². The molecule has 0 aliphatic heterocycles. The van der Waals surface area contributed by atoms with Gasteiger partial charge in [-0.2, -0.15) is 0 Å². The van der Waals surface area contributed by atoms with Crippen molar-refractivity contribution in [2.24, 2.45) is 0 Å². The highest BCUT2D eigenvalue weighted by Crippen LogP contribution is 2.49. The second-order valence-electron chi connectivity index (χ2n) is 16.4. The third kappa shape index (κ3) is 5.34. The summed E-state index contributed by atoms with van der Waals surface area (Å²) in [5.74, 6) is 1.85. The van der Waals surface area contributed by atoms with E-state index in [9.17, 15) is 0 Å². The standard InChI is InChI=1S/C56H37N3O/c1-56(2)48-24-11-10-22-44(48)45-28-26-38(32-49(45)56)53-57-54(59-55(58-53)47-31-37-16-6-7-19-40(37)42-20-8-9-21-43(42)47)39-27-29-46-51(33-39)60-50-25-13-23-41(52(46)50)36-18-12-17-35(30-36)34-14-4-3-5-15-34/h3-33H,1-2H3. The molecule has 12 rings (SSSR count). The smallest absolute Gasteiger partial charge is 0.164 e. The summed E-state index contributed by atoms with van der Waals surface area (Å²) in [6.07, 6.45) is 0. The third-order valence-corrected chi connectivity index (χ3v) is 12.5. The molecule has 0 bridgehead atoms. The highest BCUT2D eigenvalue weighted by molar-refractivity contribution is 6.14. The van der Waals surface area contributed by atoms with Gasteiger partial charge in [-0.05, 0) is 102 Å². The van der Waals surface area contributed by atoms with Crippen LogP contribution >= 0.6 is 0 Å². The lowest BCUT2D eigenvalue weighted by Crippen LogP contribution is -2.15. The summed E-state index contributed by atoms with van der Waals surface area (Å²) in [5.41, 5.74) is 14.0. The average molecular weight is 768 g/mol. The average Bonchev–Trinajstić information content (AvgIpc) is 3.80. The molecule has 0 saturated heterocycles. The number of nitrogens with zero attached hydrogens (tertiary/aromatic N) is 3. The van der Waals surface area contributed by atoms with Gasteiger partial charge in [0, 0.05) is 32.9 Å². The minimum atomic E-state index is -0.163. The fraction of sp³-hybridized carbons (Fsp3) is 0.0536. The van der Waals surface area contributed by atoms with Crippen LogP contribution in [-0.4, -0.2) is 15.0 Å². The minimum absolute atomic E-state index is 0.163. The van der Waals surface area contributed by atoms with Crippen LogP contribution < -0.4 is 0 Å². The van der Waals surface area contributed by atoms with Crippen molar-refractivity contribution in [2.75, 3.05) is 0 Å². The largest absolute Gasteiger partial charge is 0.456 e. The van der Waals surface area contributed by atoms with Crippen LogP contribution in [0.5, 0.6) is 0 Å². The molecular weight excluding hydrogens is 731 g/mol. The zero-order valence-corrected chi connectivity index (χ0v) is 33.1. The Kier molecular flexibility index (Phi) is 7.54. The van der Waals surface area contributed by atoms with Gasteiger partial charge in [-0.15, -0.1) is 0 Å². The maximum Gasteiger partial charge on any atom is 0.164 e. The van der Waals surface area contributed by atoms with Gasteiger partial charge in [0.15, 0.2) is 17.5 Å². The maximum absolute atomic E-state index is 6.66. The Morgan fingerprint density at radius 1 is 0.350 bits per heavy atom. The first-order valence-corrected chi connectivity index (χ1v) is 20.5. The second-order valence-corrected chi connectivity index (χ2v) is 16.4. The van der Waals surface area contributed by atoms with Crippen LogP contribution in [0.3, 0.4) is 0 Å². The molecule has 0 unspecified atom stereocenters. The molecule has 0 fully saturated rings. The van der Waals surface area contributed by atoms with Crippen LogP contribution in [0.1, 0.15) is 25.0 Å². The lowest BCUT2D eigenvalue weighted by atomic mass is 9.82. The topological polar surface area (TPSA) is 51.8 Å². The number of benzene rings is 9. The Morgan fingerprint density at radius 2 is 0.983 bits per heavy atom. The molecule has 0 amide bonds. The van der Waals surface area contributed by atoms with E-state index in [-0.39, 0.29) is 5.41 Å². The lowest BCUT2D eigenvalue weighted by Gasteiger charge is -2.21. The zero-order chi connectivity index (χ0) is 40.0. The Labute approximate surface area is 347 Å². The van der Waals surface area contributed by atoms with Crippen molar-refractivity contribution in [3.8, 4) is 67.5 Å². The van der Waals surface area contributed by atoms with Gasteiger partial charge in [0.1, 0.15) is 11.2 Å². The molecule has 4 heteroatoms. The fourth-order valence-electron chi connectivity index (χ4n) is 9.54. The fourth-order valence-corrected chi connectivity index (χ4v) is 9.54. The van der Waals surface area contributed by atoms with Gasteiger partial charge in [0.25, 0.3) is 0 Å². The molecule has 4 nitrogen and oxygen atoms in total. The minimum Gasteiger partial charge on any atom is -0.456 e. The molecule has 60 heavy (non-hydrogen) atoms. The molecule has 2 heterocycles. The van der Waals surface area contributed by atoms with Crippen LogP contribution in [0.25, 0.3) is 111 Å². The van der Waals surface area contributed by atoms with Crippen LogP contribution in [0.2, 0.25) is 0 Å². The van der Waals surface area contributed by atoms with E-state index in [1.165, 1.54) is 44.2 Å². The monoisotopic (exact) mass is 767 g/mol. The summed E-state index contributed by atoms with van der Waals surface area (Å²) in [5, 5.41) is 6.74. The second kappa shape index (κ2) is 13.2. The van der Waals surface area contributed by atoms with E-state index in [0.29, 0.717) is 17.5 Å². The molecule has 0 atom stereocenters. The molecule has 0 radical (unpaired) electrons. The number of aromatic nitrogens is 3. The van der Waals surface area contributed by atoms with Gasteiger partial charge in [-0.25, -0.2) is 15.0 Å². The van der Waals surface area contributed by atoms with Gasteiger partial charge in [-0.1, -0.05) is 166 Å². The van der Waals surface area contributed by atoms with Crippen molar-refractivity contribution in [2.45, 2.75) is 19.3 Å². The Morgan fingerprint density at radius 3 is 1.85 bits per heavy atom. The van der Waals surface area contributed by atoms with Gasteiger partial charge in [0.05, 0.1) is 0 Å². The van der Waals surface area contributed by atoms with E-state index in [1.54, 1.807) is 0 Å². The van der Waals surface area contributed by atoms with E-state index in [0.717, 1.165) is 60.5 Å². The normalized spacial score (nSPS) is 13.0. The first kappa shape index (κ1) is 34.4. The highest BCUT2D eigenvalue weighted by Gasteiger charge is 2.35. The van der Waals surface area contributed by atoms with Crippen LogP contribution in [0.4, 0.5) is 0 Å². The number of hydrogen-bond donors (Lipinski definition) is 0. The molecule has 282 valence electrons. The number of rotatable bonds is 5. The van der Waals surface area contributed by atoms with Crippen molar-refractivity contribution >= 4 is 43.5 Å². The van der Waals surface area contributed by atoms with E-state index in [2.05, 4.69) is 202 Å². The molecule has 0 N–H and O–H groups in total. The van der Waals surface area contributed by atoms with E-state index in [1.807, 2.05) is 0 Å². The summed E-state index contributed by atoms with van der Waals surface area (Å²) in [6.45, 7) is 4.61. The van der Waals surface area contributed by atoms with Gasteiger partial charge in [-0.3, -0.25) is 0 Å². The summed E-state index contributed by atoms with van der Waals surface area (Å²) in [7, 11) is 0. The number of furan rings is 1. The van der Waals surface area contributed by atoms with Gasteiger partial charge in [0.2, 0.25) is 0 Å². The number of fused-ring (bicyclic) bond motifs is 9. The molecule has 11 aromatic rings. The molecular formula is C56H37N3O. The summed E-state index contributed by atoms with van der Waals surface area (Å²) in [6, 6.07) is 66.7. The zero-order valence-electron chi connectivity index (χ0n) is 33.1. The van der Waals surface area contributed by atoms with Crippen LogP contribution in [0.15, 0.2) is 192 Å². The SMILES string of the molecule is CC1(C)c2ccccc2-c2ccc(-c3nc(-c4ccc5c(c4)oc4cccc(-c6cccc(-c7ccccc7)c6)c45)nc(-c4cc5ccccc5c5ccccc45)n3)cc21. The molecule has 2 aromatic heterocycles. The molecule has 0 spiro atoms. The van der Waals surface area contributed by atoms with E-state index < -0.39 is 0 Å². The maximum atomic E-state index is 6.66. The first-order chi connectivity index (χ1) is 29.5. The molecule has 0 saturated carbocycles. The summed E-state index contributed by atoms with van der Waals surface area (Å²) >= 11 is 0. The Bertz CT molecular complexity index is 3530. The molecule has 1 aliphatic carbocycles. The van der Waals surface area contributed by atoms with E-state index >= 15 is 0 Å². The van der Waals surface area contributed by atoms with Crippen molar-refractivity contribution in [1.82, 2.24) is 15.0 Å². The predicted molar refractivity (Wildman–Crippen MR) is 247 cm³/mol. The van der Waals surface area contributed by atoms with Crippen molar-refractivity contribution < 1.29 is 4.42 Å².